The average Bonchev–Trinajstić information content (AvgIpc) is 1.27. The van der Waals surface area contributed by atoms with Crippen LogP contribution in [0.3, 0.4) is 0 Å². The van der Waals surface area contributed by atoms with Gasteiger partial charge >= 0.3 is 35.5 Å². The minimum atomic E-state index is -2.03. The van der Waals surface area contributed by atoms with E-state index in [2.05, 4.69) is 4.52 Å². The normalized spacial score (nSPS) is 11.2. The van der Waals surface area contributed by atoms with Gasteiger partial charge in [-0.15, -0.1) is 0 Å². The van der Waals surface area contributed by atoms with Crippen LogP contribution in [0.2, 0.25) is 0 Å². The summed E-state index contributed by atoms with van der Waals surface area (Å²) >= 11 is 0. The number of carbonyl (C=O) groups excluding carboxylic acids is 1. The SMILES string of the molecule is CC(=O)O[PH](C)=O.[NaH]. The summed E-state index contributed by atoms with van der Waals surface area (Å²) in [5.41, 5.74) is 0. The third-order valence-electron chi connectivity index (χ3n) is 0.287. The molecule has 0 aromatic rings. The van der Waals surface area contributed by atoms with Gasteiger partial charge in [0.25, 0.3) is 0 Å². The van der Waals surface area contributed by atoms with Gasteiger partial charge in [-0.25, -0.2) is 0 Å². The summed E-state index contributed by atoms with van der Waals surface area (Å²) in [6.07, 6.45) is 0. The third-order valence-corrected chi connectivity index (χ3v) is 0.862. The van der Waals surface area contributed by atoms with E-state index in [1.807, 2.05) is 0 Å². The zero-order valence-corrected chi connectivity index (χ0v) is 5.22. The summed E-state index contributed by atoms with van der Waals surface area (Å²) in [4.78, 5) is 9.86. The van der Waals surface area contributed by atoms with Crippen molar-refractivity contribution >= 4 is 43.6 Å². The molecule has 0 fully saturated rings. The molecule has 0 aliphatic rings. The van der Waals surface area contributed by atoms with E-state index < -0.39 is 14.0 Å². The van der Waals surface area contributed by atoms with Crippen LogP contribution in [0.1, 0.15) is 6.92 Å². The maximum absolute atomic E-state index is 10.00. The van der Waals surface area contributed by atoms with Crippen molar-refractivity contribution in [2.24, 2.45) is 0 Å². The van der Waals surface area contributed by atoms with Crippen molar-refractivity contribution in [1.82, 2.24) is 0 Å². The fourth-order valence-electron chi connectivity index (χ4n) is 0.202. The minimum absolute atomic E-state index is 0. The summed E-state index contributed by atoms with van der Waals surface area (Å²) in [7, 11) is -2.03. The van der Waals surface area contributed by atoms with Gasteiger partial charge in [-0.3, -0.25) is 9.36 Å². The molecule has 0 aromatic carbocycles. The summed E-state index contributed by atoms with van der Waals surface area (Å²) in [5, 5.41) is 0. The van der Waals surface area contributed by atoms with Gasteiger partial charge < -0.3 is 4.52 Å². The molecule has 0 spiro atoms. The fraction of sp³-hybridized carbons (Fsp3) is 0.667. The molecule has 0 aromatic heterocycles. The summed E-state index contributed by atoms with van der Waals surface area (Å²) in [6, 6.07) is 0. The predicted molar refractivity (Wildman–Crippen MR) is 33.8 cm³/mol. The van der Waals surface area contributed by atoms with Crippen LogP contribution in [0.4, 0.5) is 0 Å². The first-order valence-electron chi connectivity index (χ1n) is 1.82. The molecular weight excluding hydrogens is 138 g/mol. The van der Waals surface area contributed by atoms with Crippen LogP contribution in [0.25, 0.3) is 0 Å². The second kappa shape index (κ2) is 5.83. The predicted octanol–water partition coefficient (Wildman–Crippen LogP) is 0.00550. The standard InChI is InChI=1S/C3H7O3P.Na.H/c1-3(4)6-7(2)5;;/h7H,1-2H3;;. The molecule has 0 rings (SSSR count). The number of hydrogen-bond donors (Lipinski definition) is 0. The van der Waals surface area contributed by atoms with Crippen LogP contribution in [-0.4, -0.2) is 42.2 Å². The van der Waals surface area contributed by atoms with E-state index in [0.717, 1.165) is 0 Å². The van der Waals surface area contributed by atoms with Crippen molar-refractivity contribution in [3.05, 3.63) is 0 Å². The fourth-order valence-corrected chi connectivity index (χ4v) is 0.607. The molecule has 0 saturated heterocycles. The molecule has 0 bridgehead atoms. The average molecular weight is 146 g/mol. The Hall–Kier alpha value is 0.700. The zero-order valence-electron chi connectivity index (χ0n) is 4.22. The van der Waals surface area contributed by atoms with Crippen molar-refractivity contribution < 1.29 is 13.9 Å². The van der Waals surface area contributed by atoms with Crippen molar-refractivity contribution in [2.75, 3.05) is 6.66 Å². The van der Waals surface area contributed by atoms with E-state index in [1.165, 1.54) is 13.6 Å². The Bertz CT molecular complexity index is 90.7. The van der Waals surface area contributed by atoms with Crippen molar-refractivity contribution in [3.8, 4) is 0 Å². The third kappa shape index (κ3) is 9.85. The van der Waals surface area contributed by atoms with Crippen molar-refractivity contribution in [2.45, 2.75) is 6.92 Å². The Morgan fingerprint density at radius 2 is 2.00 bits per heavy atom. The van der Waals surface area contributed by atoms with Gasteiger partial charge in [0.05, 0.1) is 0 Å². The van der Waals surface area contributed by atoms with Gasteiger partial charge in [-0.1, -0.05) is 0 Å². The van der Waals surface area contributed by atoms with E-state index in [1.54, 1.807) is 0 Å². The quantitative estimate of drug-likeness (QED) is 0.386. The number of hydrogen-bond acceptors (Lipinski definition) is 3. The van der Waals surface area contributed by atoms with Gasteiger partial charge in [0.1, 0.15) is 0 Å². The summed E-state index contributed by atoms with van der Waals surface area (Å²) in [5.74, 6) is -0.480. The number of rotatable bonds is 1. The van der Waals surface area contributed by atoms with Crippen molar-refractivity contribution in [3.63, 3.8) is 0 Å². The van der Waals surface area contributed by atoms with E-state index >= 15 is 0 Å². The molecule has 0 aliphatic heterocycles. The second-order valence-corrected chi connectivity index (χ2v) is 2.27. The van der Waals surface area contributed by atoms with E-state index in [-0.39, 0.29) is 29.6 Å². The molecular formula is C3H8NaO3P. The molecule has 0 radical (unpaired) electrons. The second-order valence-electron chi connectivity index (χ2n) is 1.09. The Kier molecular flexibility index (Phi) is 8.37. The van der Waals surface area contributed by atoms with Crippen molar-refractivity contribution in [1.29, 1.82) is 0 Å². The summed E-state index contributed by atoms with van der Waals surface area (Å²) in [6.45, 7) is 2.60. The molecule has 5 heteroatoms. The molecule has 44 valence electrons. The van der Waals surface area contributed by atoms with Crippen LogP contribution in [0.15, 0.2) is 0 Å². The molecule has 0 heterocycles. The molecule has 0 saturated carbocycles. The Labute approximate surface area is 70.9 Å². The van der Waals surface area contributed by atoms with E-state index in [9.17, 15) is 9.36 Å². The van der Waals surface area contributed by atoms with E-state index in [4.69, 9.17) is 0 Å². The molecule has 0 N–H and O–H groups in total. The van der Waals surface area contributed by atoms with Crippen LogP contribution < -0.4 is 0 Å². The summed E-state index contributed by atoms with van der Waals surface area (Å²) < 4.78 is 14.2. The number of carbonyl (C=O) groups is 1. The monoisotopic (exact) mass is 146 g/mol. The molecule has 1 atom stereocenters. The van der Waals surface area contributed by atoms with Gasteiger partial charge in [0.2, 0.25) is 8.03 Å². The maximum atomic E-state index is 10.00. The first-order valence-corrected chi connectivity index (χ1v) is 3.63. The van der Waals surface area contributed by atoms with Crippen LogP contribution in [0, 0.1) is 0 Å². The molecule has 1 unspecified atom stereocenters. The van der Waals surface area contributed by atoms with Crippen LogP contribution in [0.5, 0.6) is 0 Å². The topological polar surface area (TPSA) is 43.4 Å². The molecule has 0 amide bonds. The Balaban J connectivity index is 0. The van der Waals surface area contributed by atoms with Gasteiger partial charge in [-0.05, 0) is 0 Å². The Morgan fingerprint density at radius 3 is 2.00 bits per heavy atom. The van der Waals surface area contributed by atoms with Gasteiger partial charge in [-0.2, -0.15) is 0 Å². The van der Waals surface area contributed by atoms with E-state index in [0.29, 0.717) is 0 Å². The first kappa shape index (κ1) is 11.5. The van der Waals surface area contributed by atoms with Crippen LogP contribution in [-0.2, 0) is 13.9 Å². The molecule has 8 heavy (non-hydrogen) atoms. The van der Waals surface area contributed by atoms with Gasteiger partial charge in [0.15, 0.2) is 0 Å². The first-order chi connectivity index (χ1) is 3.13. The molecule has 0 aliphatic carbocycles. The van der Waals surface area contributed by atoms with Gasteiger partial charge in [0, 0.05) is 13.6 Å². The Morgan fingerprint density at radius 1 is 1.62 bits per heavy atom. The zero-order chi connectivity index (χ0) is 5.86. The van der Waals surface area contributed by atoms with Crippen LogP contribution >= 0.6 is 8.03 Å². The molecule has 3 nitrogen and oxygen atoms in total.